The number of benzene rings is 2. The first-order chi connectivity index (χ1) is 17.5. The molecule has 9 heteroatoms. The maximum absolute atomic E-state index is 13.2. The molecule has 4 aromatic rings. The predicted molar refractivity (Wildman–Crippen MR) is 132 cm³/mol. The van der Waals surface area contributed by atoms with Crippen LogP contribution < -0.4 is 4.90 Å². The monoisotopic (exact) mass is 485 g/mol. The molecule has 0 N–H and O–H groups in total. The van der Waals surface area contributed by atoms with Crippen molar-refractivity contribution >= 4 is 22.8 Å². The van der Waals surface area contributed by atoms with Crippen LogP contribution >= 0.6 is 0 Å². The van der Waals surface area contributed by atoms with Crippen LogP contribution in [0.5, 0.6) is 0 Å². The lowest BCUT2D eigenvalue weighted by molar-refractivity contribution is -0.782. The van der Waals surface area contributed by atoms with Crippen LogP contribution in [-0.4, -0.2) is 57.9 Å². The number of carbonyl (C=O) groups is 2. The molecule has 1 atom stereocenters. The number of amides is 2. The maximum atomic E-state index is 13.2. The van der Waals surface area contributed by atoms with Gasteiger partial charge in [-0.25, -0.2) is 0 Å². The van der Waals surface area contributed by atoms with Crippen LogP contribution in [0.1, 0.15) is 39.3 Å². The molecule has 2 amide bonds. The van der Waals surface area contributed by atoms with Gasteiger partial charge in [0.25, 0.3) is 11.8 Å². The van der Waals surface area contributed by atoms with Crippen LogP contribution in [-0.2, 0) is 6.42 Å². The highest BCUT2D eigenvalue weighted by molar-refractivity contribution is 5.97. The standard InChI is InChI=1S/C27H27N5O4/c1-30(27(34)22-9-5-6-14-28-22)25(17-19-7-3-2-4-8-19)20-12-15-31(16-13-20)26(33)21-10-11-24-23(18-21)29-36-32(24)35/h2-11,14,18,20,25H,12-13,15-17H2,1H3. The summed E-state index contributed by atoms with van der Waals surface area (Å²) in [7, 11) is 1.84. The number of carbonyl (C=O) groups excluding carboxylic acids is 2. The molecule has 1 fully saturated rings. The average molecular weight is 486 g/mol. The molecule has 0 saturated carbocycles. The van der Waals surface area contributed by atoms with Gasteiger partial charge in [-0.3, -0.25) is 19.2 Å². The van der Waals surface area contributed by atoms with Crippen molar-refractivity contribution in [3.05, 3.63) is 95.0 Å². The number of pyridine rings is 1. The Labute approximate surface area is 208 Å². The Morgan fingerprint density at radius 1 is 1.11 bits per heavy atom. The maximum Gasteiger partial charge on any atom is 0.272 e. The molecule has 9 nitrogen and oxygen atoms in total. The van der Waals surface area contributed by atoms with Gasteiger partial charge in [-0.15, -0.1) is 0 Å². The van der Waals surface area contributed by atoms with Crippen molar-refractivity contribution in [2.75, 3.05) is 20.1 Å². The third-order valence-electron chi connectivity index (χ3n) is 6.99. The van der Waals surface area contributed by atoms with E-state index in [0.29, 0.717) is 34.8 Å². The van der Waals surface area contributed by atoms with E-state index in [0.717, 1.165) is 19.3 Å². The number of aromatic nitrogens is 3. The van der Waals surface area contributed by atoms with E-state index in [9.17, 15) is 14.8 Å². The molecule has 0 bridgehead atoms. The minimum atomic E-state index is -0.105. The van der Waals surface area contributed by atoms with Crippen molar-refractivity contribution in [2.45, 2.75) is 25.3 Å². The van der Waals surface area contributed by atoms with Crippen LogP contribution in [0.3, 0.4) is 0 Å². The van der Waals surface area contributed by atoms with Crippen molar-refractivity contribution in [1.29, 1.82) is 0 Å². The van der Waals surface area contributed by atoms with Gasteiger partial charge in [0, 0.05) is 49.2 Å². The quantitative estimate of drug-likeness (QED) is 0.389. The van der Waals surface area contributed by atoms with Gasteiger partial charge in [0.1, 0.15) is 5.69 Å². The molecule has 2 aromatic heterocycles. The van der Waals surface area contributed by atoms with Gasteiger partial charge in [0.2, 0.25) is 11.0 Å². The fraction of sp³-hybridized carbons (Fsp3) is 0.296. The zero-order valence-electron chi connectivity index (χ0n) is 20.0. The molecule has 1 unspecified atom stereocenters. The molecule has 0 radical (unpaired) electrons. The number of piperidine rings is 1. The highest BCUT2D eigenvalue weighted by Crippen LogP contribution is 2.28. The predicted octanol–water partition coefficient (Wildman–Crippen LogP) is 3.09. The van der Waals surface area contributed by atoms with Crippen LogP contribution in [0.2, 0.25) is 0 Å². The highest BCUT2D eigenvalue weighted by atomic mass is 16.8. The highest BCUT2D eigenvalue weighted by Gasteiger charge is 2.33. The molecule has 1 aliphatic heterocycles. The molecule has 36 heavy (non-hydrogen) atoms. The summed E-state index contributed by atoms with van der Waals surface area (Å²) >= 11 is 0. The summed E-state index contributed by atoms with van der Waals surface area (Å²) in [6, 6.07) is 20.2. The van der Waals surface area contributed by atoms with E-state index in [1.807, 2.05) is 41.1 Å². The smallest absolute Gasteiger partial charge is 0.272 e. The number of fused-ring (bicyclic) bond motifs is 1. The summed E-state index contributed by atoms with van der Waals surface area (Å²) < 4.78 is 4.61. The minimum Gasteiger partial charge on any atom is -0.359 e. The first kappa shape index (κ1) is 23.5. The Morgan fingerprint density at radius 2 is 1.86 bits per heavy atom. The first-order valence-corrected chi connectivity index (χ1v) is 12.0. The van der Waals surface area contributed by atoms with Crippen LogP contribution in [0, 0.1) is 11.1 Å². The number of hydrogen-bond acceptors (Lipinski definition) is 6. The Morgan fingerprint density at radius 3 is 2.58 bits per heavy atom. The largest absolute Gasteiger partial charge is 0.359 e. The van der Waals surface area contributed by atoms with Gasteiger partial charge in [-0.1, -0.05) is 36.4 Å². The van der Waals surface area contributed by atoms with Gasteiger partial charge in [0.05, 0.1) is 0 Å². The van der Waals surface area contributed by atoms with E-state index < -0.39 is 0 Å². The van der Waals surface area contributed by atoms with Gasteiger partial charge < -0.3 is 15.0 Å². The van der Waals surface area contributed by atoms with E-state index in [-0.39, 0.29) is 29.3 Å². The summed E-state index contributed by atoms with van der Waals surface area (Å²) in [6.07, 6.45) is 3.91. The van der Waals surface area contributed by atoms with Gasteiger partial charge in [0.15, 0.2) is 0 Å². The topological polar surface area (TPSA) is 106 Å². The Bertz CT molecular complexity index is 1350. The second-order valence-electron chi connectivity index (χ2n) is 9.15. The molecule has 184 valence electrons. The van der Waals surface area contributed by atoms with E-state index in [1.54, 1.807) is 36.5 Å². The second-order valence-corrected chi connectivity index (χ2v) is 9.15. The molecule has 3 heterocycles. The van der Waals surface area contributed by atoms with Crippen LogP contribution in [0.25, 0.3) is 11.0 Å². The summed E-state index contributed by atoms with van der Waals surface area (Å²) in [5, 5.41) is 15.3. The lowest BCUT2D eigenvalue weighted by atomic mass is 9.84. The molecular weight excluding hydrogens is 458 g/mol. The summed E-state index contributed by atoms with van der Waals surface area (Å²) in [6.45, 7) is 1.16. The van der Waals surface area contributed by atoms with Crippen molar-refractivity contribution in [3.8, 4) is 0 Å². The molecule has 2 aromatic carbocycles. The number of hydrogen-bond donors (Lipinski definition) is 0. The number of nitrogens with zero attached hydrogens (tertiary/aromatic N) is 5. The third-order valence-corrected chi connectivity index (χ3v) is 6.99. The normalized spacial score (nSPS) is 15.1. The fourth-order valence-electron chi connectivity index (χ4n) is 4.97. The van der Waals surface area contributed by atoms with Crippen molar-refractivity contribution in [2.24, 2.45) is 5.92 Å². The number of likely N-dealkylation sites (N-methyl/N-ethyl adjacent to an activating group) is 1. The van der Waals surface area contributed by atoms with Crippen LogP contribution in [0.4, 0.5) is 0 Å². The number of likely N-dealkylation sites (tertiary alicyclic amines) is 1. The minimum absolute atomic E-state index is 0.0295. The van der Waals surface area contributed by atoms with Gasteiger partial charge >= 0.3 is 0 Å². The van der Waals surface area contributed by atoms with Gasteiger partial charge in [-0.2, -0.15) is 0 Å². The molecule has 5 rings (SSSR count). The van der Waals surface area contributed by atoms with E-state index in [2.05, 4.69) is 26.9 Å². The zero-order chi connectivity index (χ0) is 25.1. The Kier molecular flexibility index (Phi) is 6.62. The Balaban J connectivity index is 1.31. The average Bonchev–Trinajstić information content (AvgIpc) is 3.31. The lowest BCUT2D eigenvalue weighted by Crippen LogP contribution is -2.48. The summed E-state index contributed by atoms with van der Waals surface area (Å²) in [5.41, 5.74) is 2.70. The SMILES string of the molecule is CN(C(=O)c1ccccn1)C(Cc1ccccc1)C1CCN(C(=O)c2ccc3c(c2)no[n+]3[O-])CC1. The van der Waals surface area contributed by atoms with E-state index >= 15 is 0 Å². The third kappa shape index (κ3) is 4.77. The molecule has 1 saturated heterocycles. The summed E-state index contributed by atoms with van der Waals surface area (Å²) in [5.74, 6) is 0.0178. The van der Waals surface area contributed by atoms with Gasteiger partial charge in [-0.05, 0) is 59.9 Å². The van der Waals surface area contributed by atoms with Crippen molar-refractivity contribution in [3.63, 3.8) is 0 Å². The van der Waals surface area contributed by atoms with Crippen molar-refractivity contribution in [1.82, 2.24) is 19.9 Å². The van der Waals surface area contributed by atoms with E-state index in [1.165, 1.54) is 5.56 Å². The molecule has 0 aliphatic carbocycles. The fourth-order valence-corrected chi connectivity index (χ4v) is 4.97. The molecule has 1 aliphatic rings. The first-order valence-electron chi connectivity index (χ1n) is 12.0. The Hall–Kier alpha value is -4.27. The van der Waals surface area contributed by atoms with E-state index in [4.69, 9.17) is 0 Å². The number of rotatable bonds is 6. The van der Waals surface area contributed by atoms with Crippen molar-refractivity contribution < 1.29 is 19.1 Å². The molecule has 0 spiro atoms. The zero-order valence-corrected chi connectivity index (χ0v) is 20.0. The molecular formula is C27H27N5O4. The van der Waals surface area contributed by atoms with Crippen LogP contribution in [0.15, 0.2) is 77.6 Å². The summed E-state index contributed by atoms with van der Waals surface area (Å²) in [4.78, 5) is 34.6. The lowest BCUT2D eigenvalue weighted by Gasteiger charge is -2.40. The second kappa shape index (κ2) is 10.2.